The van der Waals surface area contributed by atoms with Crippen LogP contribution in [-0.2, 0) is 0 Å². The third kappa shape index (κ3) is 3.39. The molecular weight excluding hydrogens is 152 g/mol. The predicted octanol–water partition coefficient (Wildman–Crippen LogP) is 2.03. The normalized spacial score (nSPS) is 32.2. The van der Waals surface area contributed by atoms with Crippen LogP contribution >= 0.6 is 0 Å². The minimum atomic E-state index is -0.229. The Bertz CT molecular complexity index is 95.0. The maximum absolute atomic E-state index is 8.66. The Morgan fingerprint density at radius 3 is 2.55 bits per heavy atom. The molecule has 0 atom stereocenters. The molecule has 1 aliphatic rings. The van der Waals surface area contributed by atoms with Gasteiger partial charge in [-0.2, -0.15) is 0 Å². The molecule has 1 aliphatic heterocycles. The zero-order valence-corrected chi connectivity index (χ0v) is 8.71. The van der Waals surface area contributed by atoms with Gasteiger partial charge in [0.25, 0.3) is 0 Å². The highest BCUT2D eigenvalue weighted by Gasteiger charge is 2.17. The number of rotatable bonds is 3. The lowest BCUT2D eigenvalue weighted by Gasteiger charge is -2.24. The second-order valence-electron chi connectivity index (χ2n) is 3.99. The molecule has 0 unspecified atom stereocenters. The van der Waals surface area contributed by atoms with Gasteiger partial charge in [0.05, 0.1) is 0 Å². The Morgan fingerprint density at radius 1 is 1.36 bits per heavy atom. The van der Waals surface area contributed by atoms with Crippen LogP contribution in [0, 0.1) is 5.92 Å². The summed E-state index contributed by atoms with van der Waals surface area (Å²) in [5, 5.41) is 8.66. The molecule has 0 radical (unpaired) electrons. The minimum Gasteiger partial charge on any atom is -0.396 e. The van der Waals surface area contributed by atoms with Gasteiger partial charge in [-0.3, -0.25) is 0 Å². The molecule has 0 aromatic rings. The van der Waals surface area contributed by atoms with Crippen LogP contribution in [-0.4, -0.2) is 20.5 Å². The van der Waals surface area contributed by atoms with Crippen molar-refractivity contribution in [1.82, 2.24) is 0 Å². The predicted molar refractivity (Wildman–Crippen MR) is 51.7 cm³/mol. The maximum Gasteiger partial charge on any atom is 0.0431 e. The highest BCUT2D eigenvalue weighted by atomic mass is 28.3. The molecule has 1 nitrogen and oxygen atoms in total. The zero-order valence-electron chi connectivity index (χ0n) is 7.55. The van der Waals surface area contributed by atoms with Crippen molar-refractivity contribution < 1.29 is 5.11 Å². The van der Waals surface area contributed by atoms with Crippen LogP contribution in [0.25, 0.3) is 0 Å². The Labute approximate surface area is 71.4 Å². The molecule has 1 rings (SSSR count). The van der Waals surface area contributed by atoms with Crippen molar-refractivity contribution in [1.29, 1.82) is 0 Å². The van der Waals surface area contributed by atoms with Crippen molar-refractivity contribution in [3.63, 3.8) is 0 Å². The van der Waals surface area contributed by atoms with Crippen LogP contribution in [0.15, 0.2) is 0 Å². The van der Waals surface area contributed by atoms with Gasteiger partial charge in [0.15, 0.2) is 0 Å². The molecule has 1 heterocycles. The van der Waals surface area contributed by atoms with E-state index in [9.17, 15) is 0 Å². The second-order valence-corrected chi connectivity index (χ2v) is 7.36. The molecule has 1 N–H and O–H groups in total. The van der Waals surface area contributed by atoms with Crippen LogP contribution in [0.3, 0.4) is 0 Å². The lowest BCUT2D eigenvalue weighted by Crippen LogP contribution is -2.18. The SMILES string of the molecule is C[SiH]1CCC(CCCO)CC1. The molecule has 0 amide bonds. The molecule has 0 aliphatic carbocycles. The summed E-state index contributed by atoms with van der Waals surface area (Å²) < 4.78 is 0. The standard InChI is InChI=1S/C9H20OSi/c1-11-7-4-9(5-8-11)3-2-6-10/h9-11H,2-8H2,1H3. The van der Waals surface area contributed by atoms with E-state index in [1.54, 1.807) is 12.1 Å². The average molecular weight is 172 g/mol. The monoisotopic (exact) mass is 172 g/mol. The van der Waals surface area contributed by atoms with E-state index in [0.717, 1.165) is 12.3 Å². The summed E-state index contributed by atoms with van der Waals surface area (Å²) in [6.45, 7) is 2.88. The van der Waals surface area contributed by atoms with Gasteiger partial charge in [0.2, 0.25) is 0 Å². The fourth-order valence-electron chi connectivity index (χ4n) is 2.00. The van der Waals surface area contributed by atoms with Gasteiger partial charge in [-0.1, -0.05) is 31.5 Å². The quantitative estimate of drug-likeness (QED) is 0.646. The lowest BCUT2D eigenvalue weighted by molar-refractivity contribution is 0.267. The third-order valence-electron chi connectivity index (χ3n) is 2.91. The summed E-state index contributed by atoms with van der Waals surface area (Å²) in [5.74, 6) is 0.964. The fraction of sp³-hybridized carbons (Fsp3) is 1.00. The van der Waals surface area contributed by atoms with E-state index in [-0.39, 0.29) is 8.80 Å². The van der Waals surface area contributed by atoms with Gasteiger partial charge in [-0.05, 0) is 18.8 Å². The number of aliphatic hydroxyl groups is 1. The Kier molecular flexibility index (Phi) is 4.16. The van der Waals surface area contributed by atoms with Crippen molar-refractivity contribution in [2.45, 2.75) is 44.3 Å². The van der Waals surface area contributed by atoms with Crippen LogP contribution in [0.2, 0.25) is 18.6 Å². The van der Waals surface area contributed by atoms with E-state index in [1.165, 1.54) is 19.3 Å². The van der Waals surface area contributed by atoms with Crippen molar-refractivity contribution in [2.24, 2.45) is 5.92 Å². The Morgan fingerprint density at radius 2 is 2.00 bits per heavy atom. The molecule has 0 bridgehead atoms. The first-order chi connectivity index (χ1) is 5.33. The molecule has 1 saturated heterocycles. The van der Waals surface area contributed by atoms with Crippen LogP contribution < -0.4 is 0 Å². The smallest absolute Gasteiger partial charge is 0.0431 e. The van der Waals surface area contributed by atoms with Crippen LogP contribution in [0.4, 0.5) is 0 Å². The second kappa shape index (κ2) is 4.94. The van der Waals surface area contributed by atoms with Crippen molar-refractivity contribution >= 4 is 8.80 Å². The molecule has 1 fully saturated rings. The average Bonchev–Trinajstić information content (AvgIpc) is 2.04. The first-order valence-corrected chi connectivity index (χ1v) is 7.72. The zero-order chi connectivity index (χ0) is 8.10. The first-order valence-electron chi connectivity index (χ1n) is 4.93. The molecule has 0 saturated carbocycles. The van der Waals surface area contributed by atoms with E-state index in [1.807, 2.05) is 0 Å². The summed E-state index contributed by atoms with van der Waals surface area (Å²) in [6, 6.07) is 3.10. The molecule has 0 aromatic carbocycles. The summed E-state index contributed by atoms with van der Waals surface area (Å²) in [7, 11) is -0.229. The summed E-state index contributed by atoms with van der Waals surface area (Å²) >= 11 is 0. The van der Waals surface area contributed by atoms with E-state index in [2.05, 4.69) is 6.55 Å². The fourth-order valence-corrected chi connectivity index (χ4v) is 4.37. The van der Waals surface area contributed by atoms with Crippen LogP contribution in [0.5, 0.6) is 0 Å². The largest absolute Gasteiger partial charge is 0.396 e. The van der Waals surface area contributed by atoms with E-state index >= 15 is 0 Å². The maximum atomic E-state index is 8.66. The molecule has 2 heteroatoms. The topological polar surface area (TPSA) is 20.2 Å². The molecule has 11 heavy (non-hydrogen) atoms. The lowest BCUT2D eigenvalue weighted by atomic mass is 9.97. The van der Waals surface area contributed by atoms with Crippen molar-refractivity contribution in [3.05, 3.63) is 0 Å². The van der Waals surface area contributed by atoms with Crippen LogP contribution in [0.1, 0.15) is 25.7 Å². The highest BCUT2D eigenvalue weighted by Crippen LogP contribution is 2.28. The Hall–Kier alpha value is 0.177. The summed E-state index contributed by atoms with van der Waals surface area (Å²) in [6.07, 6.45) is 5.24. The minimum absolute atomic E-state index is 0.229. The van der Waals surface area contributed by atoms with Gasteiger partial charge in [-0.25, -0.2) is 0 Å². The van der Waals surface area contributed by atoms with E-state index < -0.39 is 0 Å². The molecular formula is C9H20OSi. The van der Waals surface area contributed by atoms with Gasteiger partial charge in [0.1, 0.15) is 0 Å². The Balaban J connectivity index is 2.07. The van der Waals surface area contributed by atoms with Crippen molar-refractivity contribution in [2.75, 3.05) is 6.61 Å². The van der Waals surface area contributed by atoms with Gasteiger partial charge < -0.3 is 5.11 Å². The third-order valence-corrected chi connectivity index (χ3v) is 5.54. The van der Waals surface area contributed by atoms with Gasteiger partial charge >= 0.3 is 0 Å². The highest BCUT2D eigenvalue weighted by molar-refractivity contribution is 6.57. The molecule has 0 spiro atoms. The van der Waals surface area contributed by atoms with Gasteiger partial charge in [0, 0.05) is 15.4 Å². The summed E-state index contributed by atoms with van der Waals surface area (Å²) in [4.78, 5) is 0. The molecule has 66 valence electrons. The van der Waals surface area contributed by atoms with E-state index in [4.69, 9.17) is 5.11 Å². The number of aliphatic hydroxyl groups excluding tert-OH is 1. The van der Waals surface area contributed by atoms with Gasteiger partial charge in [-0.15, -0.1) is 0 Å². The number of hydrogen-bond donors (Lipinski definition) is 1. The number of hydrogen-bond acceptors (Lipinski definition) is 1. The van der Waals surface area contributed by atoms with Crippen molar-refractivity contribution in [3.8, 4) is 0 Å². The summed E-state index contributed by atoms with van der Waals surface area (Å²) in [5.41, 5.74) is 0. The first kappa shape index (κ1) is 9.27. The molecule has 0 aromatic heterocycles. The van der Waals surface area contributed by atoms with E-state index in [0.29, 0.717) is 6.61 Å².